The number of hydrogen-bond acceptors (Lipinski definition) is 7. The van der Waals surface area contributed by atoms with Gasteiger partial charge in [-0.2, -0.15) is 0 Å². The minimum absolute atomic E-state index is 0.0586. The number of Topliss-reactive ketones (excluding diaryl/α,β-unsaturated/α-hetero) is 1. The Morgan fingerprint density at radius 1 is 0.932 bits per heavy atom. The van der Waals surface area contributed by atoms with Gasteiger partial charge in [-0.25, -0.2) is 22.2 Å². The SMILES string of the molecule is CCC(=O)c1c(-c2ccc(F)cc2)oc2cc(N(C)S(C)(=O)=O)c(-c3ccc(OC)c(-c4nc5c(F)cccc5o4)c3)cc12. The van der Waals surface area contributed by atoms with Crippen molar-refractivity contribution in [3.05, 3.63) is 90.0 Å². The largest absolute Gasteiger partial charge is 0.496 e. The Kier molecular flexibility index (Phi) is 7.21. The van der Waals surface area contributed by atoms with Gasteiger partial charge in [-0.05, 0) is 60.2 Å². The summed E-state index contributed by atoms with van der Waals surface area (Å²) in [4.78, 5) is 17.7. The molecule has 2 heterocycles. The number of para-hydroxylation sites is 1. The van der Waals surface area contributed by atoms with Gasteiger partial charge in [0.05, 0.1) is 30.2 Å². The smallest absolute Gasteiger partial charge is 0.232 e. The summed E-state index contributed by atoms with van der Waals surface area (Å²) in [5.41, 5.74) is 3.04. The molecule has 8 nitrogen and oxygen atoms in total. The Morgan fingerprint density at radius 3 is 2.32 bits per heavy atom. The number of ether oxygens (including phenoxy) is 1. The molecule has 0 aliphatic carbocycles. The molecule has 0 radical (unpaired) electrons. The lowest BCUT2D eigenvalue weighted by Gasteiger charge is -2.21. The number of methoxy groups -OCH3 is 1. The second kappa shape index (κ2) is 10.9. The first-order valence-corrected chi connectivity index (χ1v) is 15.4. The Hall–Kier alpha value is -5.03. The molecule has 6 aromatic rings. The Bertz CT molecular complexity index is 2190. The maximum absolute atomic E-state index is 14.4. The van der Waals surface area contributed by atoms with Crippen molar-refractivity contribution in [2.45, 2.75) is 13.3 Å². The van der Waals surface area contributed by atoms with Gasteiger partial charge in [0.25, 0.3) is 0 Å². The second-order valence-corrected chi connectivity index (χ2v) is 12.2. The van der Waals surface area contributed by atoms with Gasteiger partial charge in [0, 0.05) is 36.0 Å². The van der Waals surface area contributed by atoms with Crippen molar-refractivity contribution >= 4 is 43.6 Å². The van der Waals surface area contributed by atoms with Crippen molar-refractivity contribution in [3.63, 3.8) is 0 Å². The molecule has 0 N–H and O–H groups in total. The normalized spacial score (nSPS) is 11.8. The highest BCUT2D eigenvalue weighted by Gasteiger charge is 2.26. The zero-order valence-corrected chi connectivity index (χ0v) is 25.0. The summed E-state index contributed by atoms with van der Waals surface area (Å²) >= 11 is 0. The molecule has 0 unspecified atom stereocenters. The minimum Gasteiger partial charge on any atom is -0.496 e. The quantitative estimate of drug-likeness (QED) is 0.161. The van der Waals surface area contributed by atoms with Crippen LogP contribution in [0.3, 0.4) is 0 Å². The summed E-state index contributed by atoms with van der Waals surface area (Å²) < 4.78 is 72.4. The summed E-state index contributed by atoms with van der Waals surface area (Å²) in [6.07, 6.45) is 1.25. The number of oxazole rings is 1. The number of rotatable bonds is 8. The highest BCUT2D eigenvalue weighted by atomic mass is 32.2. The van der Waals surface area contributed by atoms with Crippen LogP contribution in [0.2, 0.25) is 0 Å². The van der Waals surface area contributed by atoms with E-state index in [1.807, 2.05) is 0 Å². The van der Waals surface area contributed by atoms with Crippen molar-refractivity contribution in [2.75, 3.05) is 24.7 Å². The van der Waals surface area contributed by atoms with Crippen LogP contribution in [0.25, 0.3) is 56.0 Å². The number of carbonyl (C=O) groups is 1. The van der Waals surface area contributed by atoms with Crippen molar-refractivity contribution in [1.82, 2.24) is 4.98 Å². The highest BCUT2D eigenvalue weighted by molar-refractivity contribution is 7.92. The summed E-state index contributed by atoms with van der Waals surface area (Å²) in [5, 5.41) is 0.457. The second-order valence-electron chi connectivity index (χ2n) is 10.2. The average Bonchev–Trinajstić information content (AvgIpc) is 3.62. The van der Waals surface area contributed by atoms with Crippen LogP contribution in [0.5, 0.6) is 5.75 Å². The molecule has 224 valence electrons. The summed E-state index contributed by atoms with van der Waals surface area (Å²) in [5.74, 6) is -0.442. The van der Waals surface area contributed by atoms with Gasteiger partial charge in [0.2, 0.25) is 15.9 Å². The first-order valence-electron chi connectivity index (χ1n) is 13.6. The first kappa shape index (κ1) is 29.1. The van der Waals surface area contributed by atoms with E-state index in [9.17, 15) is 22.0 Å². The highest BCUT2D eigenvalue weighted by Crippen LogP contribution is 2.44. The molecule has 0 aliphatic heterocycles. The molecule has 0 saturated carbocycles. The Labute approximate surface area is 251 Å². The van der Waals surface area contributed by atoms with E-state index in [1.165, 1.54) is 50.6 Å². The number of ketones is 1. The zero-order chi connectivity index (χ0) is 31.3. The van der Waals surface area contributed by atoms with E-state index >= 15 is 0 Å². The number of nitrogens with zero attached hydrogens (tertiary/aromatic N) is 2. The minimum atomic E-state index is -3.75. The molecule has 0 fully saturated rings. The molecule has 0 atom stereocenters. The fourth-order valence-electron chi connectivity index (χ4n) is 5.13. The van der Waals surface area contributed by atoms with Crippen molar-refractivity contribution in [1.29, 1.82) is 0 Å². The van der Waals surface area contributed by atoms with Crippen LogP contribution in [0.1, 0.15) is 23.7 Å². The van der Waals surface area contributed by atoms with Crippen LogP contribution >= 0.6 is 0 Å². The lowest BCUT2D eigenvalue weighted by molar-refractivity contribution is 0.0989. The summed E-state index contributed by atoms with van der Waals surface area (Å²) in [6, 6.07) is 18.3. The van der Waals surface area contributed by atoms with Crippen molar-refractivity contribution < 1.29 is 35.6 Å². The molecule has 2 aromatic heterocycles. The third-order valence-corrected chi connectivity index (χ3v) is 8.65. The Balaban J connectivity index is 1.64. The molecular weight excluding hydrogens is 590 g/mol. The van der Waals surface area contributed by atoms with Crippen LogP contribution < -0.4 is 9.04 Å². The van der Waals surface area contributed by atoms with Crippen LogP contribution in [0, 0.1) is 11.6 Å². The first-order chi connectivity index (χ1) is 21.0. The van der Waals surface area contributed by atoms with Crippen molar-refractivity contribution in [3.8, 4) is 39.7 Å². The van der Waals surface area contributed by atoms with Crippen LogP contribution in [0.15, 0.2) is 81.6 Å². The molecular formula is C33H26F2N2O6S. The van der Waals surface area contributed by atoms with E-state index in [0.717, 1.165) is 10.6 Å². The van der Waals surface area contributed by atoms with E-state index in [2.05, 4.69) is 4.98 Å². The van der Waals surface area contributed by atoms with Crippen LogP contribution in [-0.2, 0) is 10.0 Å². The number of carbonyl (C=O) groups excluding carboxylic acids is 1. The van der Waals surface area contributed by atoms with E-state index in [0.29, 0.717) is 39.0 Å². The number of fused-ring (bicyclic) bond motifs is 2. The topological polar surface area (TPSA) is 103 Å². The number of halogens is 2. The third kappa shape index (κ3) is 4.98. The number of hydrogen-bond donors (Lipinski definition) is 0. The van der Waals surface area contributed by atoms with E-state index < -0.39 is 21.7 Å². The molecule has 44 heavy (non-hydrogen) atoms. The van der Waals surface area contributed by atoms with Gasteiger partial charge < -0.3 is 13.6 Å². The molecule has 0 spiro atoms. The lowest BCUT2D eigenvalue weighted by atomic mass is 9.95. The number of benzene rings is 4. The van der Waals surface area contributed by atoms with Gasteiger partial charge in [0.15, 0.2) is 17.2 Å². The summed E-state index contributed by atoms with van der Waals surface area (Å²) in [7, 11) is -0.861. The molecule has 6 rings (SSSR count). The zero-order valence-electron chi connectivity index (χ0n) is 24.1. The average molecular weight is 617 g/mol. The number of sulfonamides is 1. The van der Waals surface area contributed by atoms with E-state index in [1.54, 1.807) is 43.3 Å². The summed E-state index contributed by atoms with van der Waals surface area (Å²) in [6.45, 7) is 1.72. The molecule has 0 bridgehead atoms. The molecule has 4 aromatic carbocycles. The third-order valence-electron chi connectivity index (χ3n) is 7.46. The fourth-order valence-corrected chi connectivity index (χ4v) is 5.64. The lowest BCUT2D eigenvalue weighted by Crippen LogP contribution is -2.25. The fraction of sp³-hybridized carbons (Fsp3) is 0.152. The maximum atomic E-state index is 14.4. The predicted molar refractivity (Wildman–Crippen MR) is 164 cm³/mol. The van der Waals surface area contributed by atoms with Gasteiger partial charge in [-0.3, -0.25) is 9.10 Å². The predicted octanol–water partition coefficient (Wildman–Crippen LogP) is 7.85. The van der Waals surface area contributed by atoms with Gasteiger partial charge >= 0.3 is 0 Å². The molecule has 0 aliphatic rings. The monoisotopic (exact) mass is 616 g/mol. The number of aromatic nitrogens is 1. The van der Waals surface area contributed by atoms with Gasteiger partial charge in [-0.1, -0.05) is 19.1 Å². The molecule has 0 amide bonds. The van der Waals surface area contributed by atoms with Gasteiger partial charge in [0.1, 0.15) is 28.4 Å². The molecule has 11 heteroatoms. The maximum Gasteiger partial charge on any atom is 0.232 e. The van der Waals surface area contributed by atoms with Gasteiger partial charge in [-0.15, -0.1) is 0 Å². The van der Waals surface area contributed by atoms with Crippen molar-refractivity contribution in [2.24, 2.45) is 0 Å². The van der Waals surface area contributed by atoms with E-state index in [4.69, 9.17) is 13.6 Å². The van der Waals surface area contributed by atoms with Crippen LogP contribution in [-0.4, -0.2) is 39.6 Å². The van der Waals surface area contributed by atoms with Crippen LogP contribution in [0.4, 0.5) is 14.5 Å². The standard InChI is InChI=1S/C33H26F2N2O6S/c1-5-26(38)30-22-16-21(19-11-14-27(41-3)23(15-19)33-36-31-24(35)7-6-8-28(31)43-33)25(37(2)44(4,39)40)17-29(22)42-32(30)18-9-12-20(34)13-10-18/h6-17H,5H2,1-4H3. The Morgan fingerprint density at radius 2 is 1.66 bits per heavy atom. The number of furan rings is 1. The number of anilines is 1. The molecule has 0 saturated heterocycles. The van der Waals surface area contributed by atoms with E-state index in [-0.39, 0.29) is 46.2 Å².